The van der Waals surface area contributed by atoms with E-state index in [2.05, 4.69) is 25.8 Å². The van der Waals surface area contributed by atoms with Gasteiger partial charge in [-0.3, -0.25) is 0 Å². The third-order valence-electron chi connectivity index (χ3n) is 1.99. The van der Waals surface area contributed by atoms with Crippen LogP contribution in [-0.2, 0) is 0 Å². The third-order valence-corrected chi connectivity index (χ3v) is 3.52. The van der Waals surface area contributed by atoms with E-state index < -0.39 is 0 Å². The van der Waals surface area contributed by atoms with Crippen molar-refractivity contribution in [2.24, 2.45) is 0 Å². The van der Waals surface area contributed by atoms with Crippen molar-refractivity contribution in [1.82, 2.24) is 4.98 Å². The van der Waals surface area contributed by atoms with Gasteiger partial charge in [-0.2, -0.15) is 0 Å². The molecule has 0 amide bonds. The van der Waals surface area contributed by atoms with Crippen molar-refractivity contribution in [3.63, 3.8) is 0 Å². The van der Waals surface area contributed by atoms with Crippen molar-refractivity contribution in [2.75, 3.05) is 18.5 Å². The van der Waals surface area contributed by atoms with Crippen LogP contribution in [0.15, 0.2) is 24.3 Å². The number of para-hydroxylation sites is 1. The molecule has 0 bridgehead atoms. The van der Waals surface area contributed by atoms with Crippen LogP contribution in [0.1, 0.15) is 0 Å². The standard InChI is InChI=1S/C11H9IN2S/c1-14(8-4-7-12)11-13-9-5-2-3-6-10(9)15-11/h2-3,5-6H,8H2,1H3. The lowest BCUT2D eigenvalue weighted by Gasteiger charge is -2.10. The average molecular weight is 328 g/mol. The van der Waals surface area contributed by atoms with E-state index in [0.717, 1.165) is 17.2 Å². The second-order valence-electron chi connectivity index (χ2n) is 3.09. The van der Waals surface area contributed by atoms with Gasteiger partial charge in [-0.15, -0.1) is 0 Å². The second-order valence-corrected chi connectivity index (χ2v) is 4.64. The van der Waals surface area contributed by atoms with Gasteiger partial charge in [-0.25, -0.2) is 4.98 Å². The molecule has 0 saturated carbocycles. The van der Waals surface area contributed by atoms with Crippen LogP contribution in [0.5, 0.6) is 0 Å². The minimum atomic E-state index is 0.725. The first-order valence-corrected chi connectivity index (χ1v) is 6.36. The number of aromatic nitrogens is 1. The SMILES string of the molecule is CN(CC#CI)c1nc2ccccc2s1. The van der Waals surface area contributed by atoms with Crippen molar-refractivity contribution in [2.45, 2.75) is 0 Å². The molecule has 0 spiro atoms. The summed E-state index contributed by atoms with van der Waals surface area (Å²) < 4.78 is 4.08. The molecule has 0 aliphatic carbocycles. The number of thiazole rings is 1. The smallest absolute Gasteiger partial charge is 0.186 e. The molecule has 76 valence electrons. The average Bonchev–Trinajstić information content (AvgIpc) is 2.69. The Labute approximate surface area is 106 Å². The lowest BCUT2D eigenvalue weighted by Crippen LogP contribution is -2.16. The molecule has 4 heteroatoms. The van der Waals surface area contributed by atoms with Gasteiger partial charge >= 0.3 is 0 Å². The number of nitrogens with zero attached hydrogens (tertiary/aromatic N) is 2. The zero-order chi connectivity index (χ0) is 10.7. The van der Waals surface area contributed by atoms with Crippen molar-refractivity contribution in [3.8, 4) is 9.85 Å². The first kappa shape index (κ1) is 10.7. The molecule has 2 aromatic rings. The fourth-order valence-electron chi connectivity index (χ4n) is 1.24. The quantitative estimate of drug-likeness (QED) is 0.622. The summed E-state index contributed by atoms with van der Waals surface area (Å²) in [5.74, 6) is 3.02. The predicted molar refractivity (Wildman–Crippen MR) is 74.7 cm³/mol. The minimum absolute atomic E-state index is 0.725. The monoisotopic (exact) mass is 328 g/mol. The van der Waals surface area contributed by atoms with Gasteiger partial charge in [0, 0.05) is 29.6 Å². The summed E-state index contributed by atoms with van der Waals surface area (Å²) in [5.41, 5.74) is 1.06. The van der Waals surface area contributed by atoms with Crippen molar-refractivity contribution >= 4 is 49.3 Å². The van der Waals surface area contributed by atoms with Crippen LogP contribution >= 0.6 is 33.9 Å². The van der Waals surface area contributed by atoms with E-state index >= 15 is 0 Å². The number of anilines is 1. The normalized spacial score (nSPS) is 9.73. The highest BCUT2D eigenvalue weighted by molar-refractivity contribution is 14.1. The van der Waals surface area contributed by atoms with Gasteiger partial charge in [0.2, 0.25) is 0 Å². The zero-order valence-corrected chi connectivity index (χ0v) is 11.2. The van der Waals surface area contributed by atoms with Crippen molar-refractivity contribution in [3.05, 3.63) is 24.3 Å². The molecular formula is C11H9IN2S. The topological polar surface area (TPSA) is 16.1 Å². The maximum absolute atomic E-state index is 4.54. The van der Waals surface area contributed by atoms with Gasteiger partial charge in [-0.1, -0.05) is 29.4 Å². The Bertz CT molecular complexity index is 491. The fourth-order valence-corrected chi connectivity index (χ4v) is 2.34. The van der Waals surface area contributed by atoms with Gasteiger partial charge in [0.15, 0.2) is 5.13 Å². The molecule has 15 heavy (non-hydrogen) atoms. The Morgan fingerprint density at radius 2 is 2.27 bits per heavy atom. The summed E-state index contributed by atoms with van der Waals surface area (Å²) in [7, 11) is 2.01. The van der Waals surface area contributed by atoms with Gasteiger partial charge in [-0.05, 0) is 16.1 Å². The predicted octanol–water partition coefficient (Wildman–Crippen LogP) is 3.13. The first-order valence-electron chi connectivity index (χ1n) is 4.46. The molecular weight excluding hydrogens is 319 g/mol. The molecule has 1 aromatic heterocycles. The summed E-state index contributed by atoms with van der Waals surface area (Å²) in [6.45, 7) is 0.725. The highest BCUT2D eigenvalue weighted by atomic mass is 127. The highest BCUT2D eigenvalue weighted by Crippen LogP contribution is 2.27. The number of hydrogen-bond acceptors (Lipinski definition) is 3. The summed E-state index contributed by atoms with van der Waals surface area (Å²) in [6.07, 6.45) is 0. The molecule has 0 N–H and O–H groups in total. The largest absolute Gasteiger partial charge is 0.340 e. The Hall–Kier alpha value is -0.800. The molecule has 1 heterocycles. The van der Waals surface area contributed by atoms with E-state index in [-0.39, 0.29) is 0 Å². The van der Waals surface area contributed by atoms with Gasteiger partial charge in [0.25, 0.3) is 0 Å². The molecule has 2 nitrogen and oxygen atoms in total. The van der Waals surface area contributed by atoms with E-state index in [1.165, 1.54) is 4.70 Å². The van der Waals surface area contributed by atoms with Gasteiger partial charge in [0.1, 0.15) is 0 Å². The number of halogens is 1. The molecule has 0 atom stereocenters. The van der Waals surface area contributed by atoms with Crippen LogP contribution < -0.4 is 4.90 Å². The van der Waals surface area contributed by atoms with Gasteiger partial charge < -0.3 is 4.90 Å². The molecule has 0 aliphatic rings. The summed E-state index contributed by atoms with van der Waals surface area (Å²) in [5, 5.41) is 1.02. The fraction of sp³-hybridized carbons (Fsp3) is 0.182. The molecule has 0 fully saturated rings. The van der Waals surface area contributed by atoms with E-state index in [1.54, 1.807) is 11.3 Å². The Morgan fingerprint density at radius 3 is 3.00 bits per heavy atom. The molecule has 2 rings (SSSR count). The zero-order valence-electron chi connectivity index (χ0n) is 8.20. The van der Waals surface area contributed by atoms with Crippen molar-refractivity contribution in [1.29, 1.82) is 0 Å². The van der Waals surface area contributed by atoms with E-state index in [1.807, 2.05) is 47.8 Å². The summed E-state index contributed by atoms with van der Waals surface area (Å²) in [4.78, 5) is 6.61. The lowest BCUT2D eigenvalue weighted by molar-refractivity contribution is 1.04. The highest BCUT2D eigenvalue weighted by Gasteiger charge is 2.05. The van der Waals surface area contributed by atoms with Crippen molar-refractivity contribution < 1.29 is 0 Å². The molecule has 0 radical (unpaired) electrons. The second kappa shape index (κ2) is 4.81. The van der Waals surface area contributed by atoms with Crippen LogP contribution in [0.3, 0.4) is 0 Å². The first-order chi connectivity index (χ1) is 7.31. The van der Waals surface area contributed by atoms with Crippen LogP contribution in [0.4, 0.5) is 5.13 Å². The van der Waals surface area contributed by atoms with Crippen LogP contribution in [0.2, 0.25) is 0 Å². The lowest BCUT2D eigenvalue weighted by atomic mass is 10.3. The van der Waals surface area contributed by atoms with Crippen LogP contribution in [0, 0.1) is 9.85 Å². The van der Waals surface area contributed by atoms with E-state index in [0.29, 0.717) is 0 Å². The maximum atomic E-state index is 4.54. The summed E-state index contributed by atoms with van der Waals surface area (Å²) in [6, 6.07) is 8.17. The van der Waals surface area contributed by atoms with E-state index in [4.69, 9.17) is 0 Å². The van der Waals surface area contributed by atoms with Gasteiger partial charge in [0.05, 0.1) is 16.8 Å². The number of fused-ring (bicyclic) bond motifs is 1. The molecule has 0 saturated heterocycles. The maximum Gasteiger partial charge on any atom is 0.186 e. The van der Waals surface area contributed by atoms with Crippen LogP contribution in [0.25, 0.3) is 10.2 Å². The molecule has 0 unspecified atom stereocenters. The Kier molecular flexibility index (Phi) is 3.44. The number of rotatable bonds is 2. The Morgan fingerprint density at radius 1 is 1.47 bits per heavy atom. The van der Waals surface area contributed by atoms with Crippen LogP contribution in [-0.4, -0.2) is 18.6 Å². The molecule has 1 aromatic carbocycles. The molecule has 0 aliphatic heterocycles. The third kappa shape index (κ3) is 2.41. The minimum Gasteiger partial charge on any atom is -0.340 e. The summed E-state index contributed by atoms with van der Waals surface area (Å²) >= 11 is 3.75. The van der Waals surface area contributed by atoms with E-state index in [9.17, 15) is 0 Å². The number of benzene rings is 1. The Balaban J connectivity index is 2.30. The number of hydrogen-bond donors (Lipinski definition) is 0.